The Balaban J connectivity index is 1.56. The molecule has 0 spiro atoms. The lowest BCUT2D eigenvalue weighted by Gasteiger charge is -2.20. The lowest BCUT2D eigenvalue weighted by atomic mass is 10.1. The average Bonchev–Trinajstić information content (AvgIpc) is 3.40. The maximum Gasteiger partial charge on any atom is 0.232 e. The molecule has 2 heterocycles. The molecule has 7 nitrogen and oxygen atoms in total. The topological polar surface area (TPSA) is 77.7 Å². The van der Waals surface area contributed by atoms with Crippen molar-refractivity contribution >= 4 is 11.6 Å². The third-order valence-electron chi connectivity index (χ3n) is 5.21. The van der Waals surface area contributed by atoms with E-state index >= 15 is 0 Å². The number of aryl methyl sites for hydroxylation is 1. The van der Waals surface area contributed by atoms with Gasteiger partial charge in [0.25, 0.3) is 0 Å². The van der Waals surface area contributed by atoms with Crippen molar-refractivity contribution in [3.8, 4) is 22.9 Å². The van der Waals surface area contributed by atoms with Crippen molar-refractivity contribution in [1.29, 1.82) is 0 Å². The largest absolute Gasteiger partial charge is 0.497 e. The molecule has 0 aliphatic carbocycles. The van der Waals surface area contributed by atoms with Crippen LogP contribution in [0.25, 0.3) is 11.4 Å². The highest BCUT2D eigenvalue weighted by atomic mass is 16.5. The van der Waals surface area contributed by atoms with Gasteiger partial charge in [-0.25, -0.2) is 0 Å². The molecule has 1 atom stereocenters. The van der Waals surface area contributed by atoms with E-state index in [1.165, 1.54) is 5.56 Å². The highest BCUT2D eigenvalue weighted by Gasteiger charge is 2.36. The lowest BCUT2D eigenvalue weighted by Crippen LogP contribution is -2.24. The van der Waals surface area contributed by atoms with Gasteiger partial charge >= 0.3 is 0 Å². The maximum absolute atomic E-state index is 12.7. The molecule has 150 valence electrons. The SMILES string of the molecule is CCc1ccc(-c2noc(C3CC(=O)N(c4cc(OC)ccc4OC)C3)n2)cc1. The number of hydrogen-bond donors (Lipinski definition) is 0. The number of benzene rings is 2. The summed E-state index contributed by atoms with van der Waals surface area (Å²) in [7, 11) is 3.17. The van der Waals surface area contributed by atoms with Crippen LogP contribution >= 0.6 is 0 Å². The quantitative estimate of drug-likeness (QED) is 0.633. The molecule has 1 amide bonds. The number of carbonyl (C=O) groups is 1. The molecule has 29 heavy (non-hydrogen) atoms. The first-order valence-corrected chi connectivity index (χ1v) is 9.58. The van der Waals surface area contributed by atoms with E-state index in [1.807, 2.05) is 12.1 Å². The third kappa shape index (κ3) is 3.68. The van der Waals surface area contributed by atoms with Gasteiger partial charge in [0.1, 0.15) is 11.5 Å². The summed E-state index contributed by atoms with van der Waals surface area (Å²) in [5.41, 5.74) is 2.82. The molecule has 2 aromatic carbocycles. The molecular weight excluding hydrogens is 370 g/mol. The van der Waals surface area contributed by atoms with Crippen LogP contribution in [0, 0.1) is 0 Å². The molecule has 7 heteroatoms. The zero-order valence-corrected chi connectivity index (χ0v) is 16.7. The zero-order valence-electron chi connectivity index (χ0n) is 16.7. The van der Waals surface area contributed by atoms with Gasteiger partial charge < -0.3 is 18.9 Å². The van der Waals surface area contributed by atoms with Crippen LogP contribution < -0.4 is 14.4 Å². The molecule has 0 N–H and O–H groups in total. The molecule has 1 aliphatic rings. The molecule has 1 unspecified atom stereocenters. The van der Waals surface area contributed by atoms with Crippen LogP contribution in [-0.2, 0) is 11.2 Å². The van der Waals surface area contributed by atoms with Crippen LogP contribution in [0.15, 0.2) is 47.0 Å². The second-order valence-corrected chi connectivity index (χ2v) is 6.95. The van der Waals surface area contributed by atoms with Crippen molar-refractivity contribution in [2.75, 3.05) is 25.7 Å². The van der Waals surface area contributed by atoms with Gasteiger partial charge in [-0.05, 0) is 24.1 Å². The van der Waals surface area contributed by atoms with Crippen molar-refractivity contribution in [3.05, 3.63) is 53.9 Å². The predicted octanol–water partition coefficient (Wildman–Crippen LogP) is 3.84. The average molecular weight is 393 g/mol. The number of aromatic nitrogens is 2. The van der Waals surface area contributed by atoms with Crippen LogP contribution in [-0.4, -0.2) is 36.8 Å². The number of carbonyl (C=O) groups excluding carboxylic acids is 1. The molecule has 1 aliphatic heterocycles. The Kier molecular flexibility index (Phi) is 5.20. The van der Waals surface area contributed by atoms with Crippen molar-refractivity contribution < 1.29 is 18.8 Å². The molecular formula is C22H23N3O4. The summed E-state index contributed by atoms with van der Waals surface area (Å²) in [4.78, 5) is 18.9. The van der Waals surface area contributed by atoms with Crippen molar-refractivity contribution in [2.45, 2.75) is 25.7 Å². The van der Waals surface area contributed by atoms with E-state index in [0.717, 1.165) is 12.0 Å². The summed E-state index contributed by atoms with van der Waals surface area (Å²) < 4.78 is 16.2. The van der Waals surface area contributed by atoms with Gasteiger partial charge in [-0.2, -0.15) is 4.98 Å². The van der Waals surface area contributed by atoms with Crippen molar-refractivity contribution in [2.24, 2.45) is 0 Å². The molecule has 1 aromatic heterocycles. The van der Waals surface area contributed by atoms with Crippen LogP contribution in [0.5, 0.6) is 11.5 Å². The number of amides is 1. The monoisotopic (exact) mass is 393 g/mol. The normalized spacial score (nSPS) is 16.3. The summed E-state index contributed by atoms with van der Waals surface area (Å²) >= 11 is 0. The molecule has 0 saturated carbocycles. The second kappa shape index (κ2) is 7.95. The summed E-state index contributed by atoms with van der Waals surface area (Å²) in [6.07, 6.45) is 1.28. The van der Waals surface area contributed by atoms with E-state index in [1.54, 1.807) is 37.3 Å². The minimum absolute atomic E-state index is 0.0198. The Bertz CT molecular complexity index is 1010. The van der Waals surface area contributed by atoms with Crippen LogP contribution in [0.1, 0.15) is 30.7 Å². The summed E-state index contributed by atoms with van der Waals surface area (Å²) in [5.74, 6) is 2.09. The molecule has 0 radical (unpaired) electrons. The van der Waals surface area contributed by atoms with Gasteiger partial charge in [0.15, 0.2) is 0 Å². The van der Waals surface area contributed by atoms with Crippen LogP contribution in [0.3, 0.4) is 0 Å². The summed E-state index contributed by atoms with van der Waals surface area (Å²) in [5, 5.41) is 4.11. The first-order valence-electron chi connectivity index (χ1n) is 9.58. The van der Waals surface area contributed by atoms with Gasteiger partial charge in [0.05, 0.1) is 25.8 Å². The fourth-order valence-electron chi connectivity index (χ4n) is 3.52. The van der Waals surface area contributed by atoms with Crippen molar-refractivity contribution in [3.63, 3.8) is 0 Å². The minimum atomic E-state index is -0.172. The van der Waals surface area contributed by atoms with Crippen LogP contribution in [0.4, 0.5) is 5.69 Å². The molecule has 4 rings (SSSR count). The Morgan fingerprint density at radius 1 is 1.14 bits per heavy atom. The number of rotatable bonds is 6. The summed E-state index contributed by atoms with van der Waals surface area (Å²) in [6.45, 7) is 2.56. The van der Waals surface area contributed by atoms with E-state index in [9.17, 15) is 4.79 Å². The van der Waals surface area contributed by atoms with Gasteiger partial charge in [0.2, 0.25) is 17.6 Å². The van der Waals surface area contributed by atoms with E-state index in [2.05, 4.69) is 29.2 Å². The fraction of sp³-hybridized carbons (Fsp3) is 0.318. The Labute approximate surface area is 169 Å². The van der Waals surface area contributed by atoms with Gasteiger partial charge in [-0.1, -0.05) is 36.3 Å². The number of hydrogen-bond acceptors (Lipinski definition) is 6. The number of methoxy groups -OCH3 is 2. The molecule has 3 aromatic rings. The Hall–Kier alpha value is -3.35. The smallest absolute Gasteiger partial charge is 0.232 e. The highest BCUT2D eigenvalue weighted by molar-refractivity contribution is 5.98. The second-order valence-electron chi connectivity index (χ2n) is 6.95. The first kappa shape index (κ1) is 19.0. The molecule has 0 bridgehead atoms. The van der Waals surface area contributed by atoms with Crippen molar-refractivity contribution in [1.82, 2.24) is 10.1 Å². The lowest BCUT2D eigenvalue weighted by molar-refractivity contribution is -0.117. The first-order chi connectivity index (χ1) is 14.1. The van der Waals surface area contributed by atoms with E-state index in [4.69, 9.17) is 14.0 Å². The number of nitrogens with zero attached hydrogens (tertiary/aromatic N) is 3. The molecule has 1 saturated heterocycles. The highest BCUT2D eigenvalue weighted by Crippen LogP contribution is 2.38. The molecule has 1 fully saturated rings. The Morgan fingerprint density at radius 2 is 1.93 bits per heavy atom. The van der Waals surface area contributed by atoms with E-state index < -0.39 is 0 Å². The number of ether oxygens (including phenoxy) is 2. The third-order valence-corrected chi connectivity index (χ3v) is 5.21. The van der Waals surface area contributed by atoms with Gasteiger partial charge in [-0.15, -0.1) is 0 Å². The number of anilines is 1. The predicted molar refractivity (Wildman–Crippen MR) is 108 cm³/mol. The van der Waals surface area contributed by atoms with Gasteiger partial charge in [0, 0.05) is 24.6 Å². The van der Waals surface area contributed by atoms with E-state index in [-0.39, 0.29) is 11.8 Å². The van der Waals surface area contributed by atoms with E-state index in [0.29, 0.717) is 41.9 Å². The fourth-order valence-corrected chi connectivity index (χ4v) is 3.52. The zero-order chi connectivity index (χ0) is 20.4. The maximum atomic E-state index is 12.7. The summed E-state index contributed by atoms with van der Waals surface area (Å²) in [6, 6.07) is 13.5. The van der Waals surface area contributed by atoms with Gasteiger partial charge in [-0.3, -0.25) is 4.79 Å². The Morgan fingerprint density at radius 3 is 2.62 bits per heavy atom. The standard InChI is InChI=1S/C22H23N3O4/c1-4-14-5-7-15(8-6-14)21-23-22(29-24-21)16-11-20(26)25(13-16)18-12-17(27-2)9-10-19(18)28-3/h5-10,12,16H,4,11,13H2,1-3H3. The minimum Gasteiger partial charge on any atom is -0.497 e. The van der Waals surface area contributed by atoms with Crippen LogP contribution in [0.2, 0.25) is 0 Å².